The molecule has 0 bridgehead atoms. The van der Waals surface area contributed by atoms with Crippen molar-refractivity contribution in [1.29, 1.82) is 0 Å². The Morgan fingerprint density at radius 1 is 0.976 bits per heavy atom. The van der Waals surface area contributed by atoms with Gasteiger partial charge in [0.1, 0.15) is 17.4 Å². The third kappa shape index (κ3) is 5.51. The Morgan fingerprint density at radius 3 is 2.15 bits per heavy atom. The molecule has 2 heterocycles. The van der Waals surface area contributed by atoms with Crippen LogP contribution in [0.3, 0.4) is 0 Å². The number of rotatable bonds is 6. The number of benzene rings is 2. The lowest BCUT2D eigenvalue weighted by atomic mass is 9.84. The minimum Gasteiger partial charge on any atom is -0.341 e. The van der Waals surface area contributed by atoms with Crippen molar-refractivity contribution in [2.24, 2.45) is 5.92 Å². The number of likely N-dealkylation sites (N-methyl/N-ethyl adjacent to an activating group) is 1. The van der Waals surface area contributed by atoms with E-state index in [9.17, 15) is 36.7 Å². The van der Waals surface area contributed by atoms with Gasteiger partial charge in [0.2, 0.25) is 5.91 Å². The highest BCUT2D eigenvalue weighted by Gasteiger charge is 2.58. The van der Waals surface area contributed by atoms with Gasteiger partial charge >= 0.3 is 12.2 Å². The van der Waals surface area contributed by atoms with E-state index >= 15 is 0 Å². The average molecular weight is 577 g/mol. The average Bonchev–Trinajstić information content (AvgIpc) is 3.11. The van der Waals surface area contributed by atoms with Crippen molar-refractivity contribution in [3.05, 3.63) is 71.0 Å². The van der Waals surface area contributed by atoms with E-state index in [-0.39, 0.29) is 31.8 Å². The lowest BCUT2D eigenvalue weighted by Gasteiger charge is -2.45. The van der Waals surface area contributed by atoms with Crippen LogP contribution < -0.4 is 5.32 Å². The SMILES string of the molecule is CC(C)C(NC(=O)c1cc(C(F)(F)F)ccc1F)C(=O)N1CCC2(CC1)C(=O)N(C)C(=O)N2[C@@H](C)c1ccccc1. The maximum atomic E-state index is 14.3. The zero-order valence-corrected chi connectivity index (χ0v) is 23.2. The van der Waals surface area contributed by atoms with Gasteiger partial charge < -0.3 is 15.1 Å². The number of likely N-dealkylation sites (tertiary alicyclic amines) is 1. The Balaban J connectivity index is 1.52. The lowest BCUT2D eigenvalue weighted by Crippen LogP contribution is -2.60. The summed E-state index contributed by atoms with van der Waals surface area (Å²) in [5.74, 6) is -3.64. The molecule has 0 aromatic heterocycles. The van der Waals surface area contributed by atoms with Gasteiger partial charge in [-0.15, -0.1) is 0 Å². The van der Waals surface area contributed by atoms with Crippen molar-refractivity contribution in [2.75, 3.05) is 20.1 Å². The van der Waals surface area contributed by atoms with Crippen molar-refractivity contribution in [1.82, 2.24) is 20.0 Å². The quantitative estimate of drug-likeness (QED) is 0.402. The minimum absolute atomic E-state index is 0.0979. The summed E-state index contributed by atoms with van der Waals surface area (Å²) in [5.41, 5.74) is -2.31. The Kier molecular flexibility index (Phi) is 8.15. The second-order valence-corrected chi connectivity index (χ2v) is 10.8. The van der Waals surface area contributed by atoms with E-state index in [0.717, 1.165) is 10.5 Å². The molecule has 4 rings (SSSR count). The first-order valence-electron chi connectivity index (χ1n) is 13.3. The molecule has 2 fully saturated rings. The van der Waals surface area contributed by atoms with Crippen LogP contribution in [0.4, 0.5) is 22.4 Å². The first kappa shape index (κ1) is 30.0. The van der Waals surface area contributed by atoms with Crippen molar-refractivity contribution in [3.63, 3.8) is 0 Å². The second kappa shape index (κ2) is 11.1. The van der Waals surface area contributed by atoms with Crippen molar-refractivity contribution in [3.8, 4) is 0 Å². The zero-order valence-electron chi connectivity index (χ0n) is 23.2. The molecule has 8 nitrogen and oxygen atoms in total. The molecule has 2 aromatic carbocycles. The molecule has 1 unspecified atom stereocenters. The van der Waals surface area contributed by atoms with E-state index in [1.165, 1.54) is 11.9 Å². The van der Waals surface area contributed by atoms with Crippen LogP contribution in [0.2, 0.25) is 0 Å². The number of hydrogen-bond acceptors (Lipinski definition) is 4. The summed E-state index contributed by atoms with van der Waals surface area (Å²) in [7, 11) is 1.43. The number of halogens is 4. The zero-order chi connectivity index (χ0) is 30.3. The molecule has 41 heavy (non-hydrogen) atoms. The predicted octanol–water partition coefficient (Wildman–Crippen LogP) is 4.62. The predicted molar refractivity (Wildman–Crippen MR) is 141 cm³/mol. The van der Waals surface area contributed by atoms with E-state index in [1.807, 2.05) is 37.3 Å². The number of carbonyl (C=O) groups excluding carboxylic acids is 4. The number of hydrogen-bond donors (Lipinski definition) is 1. The molecule has 220 valence electrons. The van der Waals surface area contributed by atoms with Gasteiger partial charge in [0.15, 0.2) is 0 Å². The minimum atomic E-state index is -4.78. The van der Waals surface area contributed by atoms with Crippen LogP contribution >= 0.6 is 0 Å². The summed E-state index contributed by atoms with van der Waals surface area (Å²) in [6.07, 6.45) is -4.46. The third-order valence-electron chi connectivity index (χ3n) is 7.99. The summed E-state index contributed by atoms with van der Waals surface area (Å²) in [6.45, 7) is 5.33. The molecule has 0 saturated carbocycles. The monoisotopic (exact) mass is 576 g/mol. The molecule has 5 amide bonds. The van der Waals surface area contributed by atoms with E-state index in [1.54, 1.807) is 18.7 Å². The van der Waals surface area contributed by atoms with Crippen molar-refractivity contribution >= 4 is 23.8 Å². The first-order chi connectivity index (χ1) is 19.2. The highest BCUT2D eigenvalue weighted by molar-refractivity contribution is 6.07. The molecule has 2 aromatic rings. The topological polar surface area (TPSA) is 90.0 Å². The van der Waals surface area contributed by atoms with Gasteiger partial charge in [-0.2, -0.15) is 13.2 Å². The fourth-order valence-electron chi connectivity index (χ4n) is 5.62. The summed E-state index contributed by atoms with van der Waals surface area (Å²) < 4.78 is 53.7. The number of nitrogens with one attached hydrogen (secondary N) is 1. The van der Waals surface area contributed by atoms with Crippen LogP contribution in [0, 0.1) is 11.7 Å². The number of piperidine rings is 1. The second-order valence-electron chi connectivity index (χ2n) is 10.8. The van der Waals surface area contributed by atoms with Crippen LogP contribution in [0.25, 0.3) is 0 Å². The van der Waals surface area contributed by atoms with Crippen molar-refractivity contribution < 1.29 is 36.7 Å². The molecule has 2 aliphatic rings. The number of alkyl halides is 3. The van der Waals surface area contributed by atoms with Crippen LogP contribution in [-0.2, 0) is 15.8 Å². The number of amides is 5. The molecule has 12 heteroatoms. The fraction of sp³-hybridized carbons (Fsp3) is 0.448. The molecule has 0 radical (unpaired) electrons. The maximum absolute atomic E-state index is 14.3. The van der Waals surface area contributed by atoms with Gasteiger partial charge in [0, 0.05) is 20.1 Å². The van der Waals surface area contributed by atoms with Crippen LogP contribution in [0.15, 0.2) is 48.5 Å². The Hall–Kier alpha value is -3.96. The summed E-state index contributed by atoms with van der Waals surface area (Å²) in [5, 5.41) is 2.40. The van der Waals surface area contributed by atoms with Crippen LogP contribution in [0.5, 0.6) is 0 Å². The van der Waals surface area contributed by atoms with Gasteiger partial charge in [0.05, 0.1) is 17.2 Å². The largest absolute Gasteiger partial charge is 0.416 e. The Bertz CT molecular complexity index is 1340. The number of imide groups is 1. The summed E-state index contributed by atoms with van der Waals surface area (Å²) >= 11 is 0. The Labute approximate surface area is 235 Å². The van der Waals surface area contributed by atoms with Gasteiger partial charge in [0.25, 0.3) is 11.8 Å². The van der Waals surface area contributed by atoms with Gasteiger partial charge in [-0.25, -0.2) is 9.18 Å². The molecule has 2 atom stereocenters. The third-order valence-corrected chi connectivity index (χ3v) is 7.99. The molecule has 0 aliphatic carbocycles. The number of urea groups is 1. The van der Waals surface area contributed by atoms with Crippen LogP contribution in [0.1, 0.15) is 61.1 Å². The molecule has 2 saturated heterocycles. The fourth-order valence-corrected chi connectivity index (χ4v) is 5.62. The highest BCUT2D eigenvalue weighted by Crippen LogP contribution is 2.42. The maximum Gasteiger partial charge on any atom is 0.416 e. The summed E-state index contributed by atoms with van der Waals surface area (Å²) in [6, 6.07) is 8.80. The van der Waals surface area contributed by atoms with E-state index in [0.29, 0.717) is 18.2 Å². The van der Waals surface area contributed by atoms with E-state index in [2.05, 4.69) is 5.32 Å². The standard InChI is InChI=1S/C29H32F4N4O4/c1-17(2)23(34-24(38)21-16-20(29(31,32)33)10-11-22(21)30)25(39)36-14-12-28(13-15-36)26(40)35(4)27(41)37(28)18(3)19-8-6-5-7-9-19/h5-11,16-18,23H,12-15H2,1-4H3,(H,34,38)/t18-,23?/m0/s1. The highest BCUT2D eigenvalue weighted by atomic mass is 19.4. The normalized spacial score (nSPS) is 18.7. The van der Waals surface area contributed by atoms with E-state index in [4.69, 9.17) is 0 Å². The molecule has 1 spiro atoms. The van der Waals surface area contributed by atoms with Gasteiger partial charge in [-0.05, 0) is 49.4 Å². The van der Waals surface area contributed by atoms with E-state index < -0.39 is 64.5 Å². The number of carbonyl (C=O) groups is 4. The molecular weight excluding hydrogens is 544 g/mol. The molecular formula is C29H32F4N4O4. The van der Waals surface area contributed by atoms with Crippen LogP contribution in [-0.4, -0.2) is 70.2 Å². The Morgan fingerprint density at radius 2 is 1.59 bits per heavy atom. The van der Waals surface area contributed by atoms with Gasteiger partial charge in [-0.3, -0.25) is 19.3 Å². The number of nitrogens with zero attached hydrogens (tertiary/aromatic N) is 3. The molecule has 1 N–H and O–H groups in total. The first-order valence-corrected chi connectivity index (χ1v) is 13.3. The lowest BCUT2D eigenvalue weighted by molar-refractivity contribution is -0.142. The summed E-state index contributed by atoms with van der Waals surface area (Å²) in [4.78, 5) is 57.1. The molecule has 2 aliphatic heterocycles. The van der Waals surface area contributed by atoms with Gasteiger partial charge in [-0.1, -0.05) is 44.2 Å². The smallest absolute Gasteiger partial charge is 0.341 e. The van der Waals surface area contributed by atoms with Crippen molar-refractivity contribution in [2.45, 2.75) is 57.4 Å².